The number of nitrogens with zero attached hydrogens (tertiary/aromatic N) is 6. The van der Waals surface area contributed by atoms with Crippen LogP contribution in [0.4, 0.5) is 14.6 Å². The first kappa shape index (κ1) is 14.7. The predicted molar refractivity (Wildman–Crippen MR) is 80.1 cm³/mol. The number of aromatic nitrogens is 5. The van der Waals surface area contributed by atoms with Gasteiger partial charge in [0.2, 0.25) is 11.2 Å². The third kappa shape index (κ3) is 2.27. The fourth-order valence-corrected chi connectivity index (χ4v) is 3.73. The Morgan fingerprint density at radius 2 is 2.26 bits per heavy atom. The van der Waals surface area contributed by atoms with Crippen molar-refractivity contribution in [1.82, 2.24) is 24.7 Å². The van der Waals surface area contributed by atoms with Crippen LogP contribution in [0.3, 0.4) is 0 Å². The van der Waals surface area contributed by atoms with Gasteiger partial charge in [0.15, 0.2) is 11.6 Å². The zero-order chi connectivity index (χ0) is 16.2. The van der Waals surface area contributed by atoms with Crippen molar-refractivity contribution in [3.05, 3.63) is 23.6 Å². The summed E-state index contributed by atoms with van der Waals surface area (Å²) in [5, 5.41) is 8.25. The Hall–Kier alpha value is -1.83. The van der Waals surface area contributed by atoms with Crippen LogP contribution in [0.2, 0.25) is 5.28 Å². The molecule has 2 aliphatic rings. The van der Waals surface area contributed by atoms with Gasteiger partial charge in [-0.3, -0.25) is 4.57 Å². The summed E-state index contributed by atoms with van der Waals surface area (Å²) in [4.78, 5) is 10.3. The quantitative estimate of drug-likeness (QED) is 0.786. The van der Waals surface area contributed by atoms with Crippen molar-refractivity contribution < 1.29 is 8.78 Å². The van der Waals surface area contributed by atoms with Crippen LogP contribution >= 0.6 is 11.6 Å². The lowest BCUT2D eigenvalue weighted by atomic mass is 10.0. The van der Waals surface area contributed by atoms with Gasteiger partial charge in [-0.15, -0.1) is 10.2 Å². The zero-order valence-corrected chi connectivity index (χ0v) is 13.2. The van der Waals surface area contributed by atoms with E-state index in [0.717, 1.165) is 5.82 Å². The molecule has 0 aromatic carbocycles. The van der Waals surface area contributed by atoms with Crippen LogP contribution in [0.15, 0.2) is 12.5 Å². The number of halogens is 3. The maximum absolute atomic E-state index is 13.8. The van der Waals surface area contributed by atoms with Crippen LogP contribution in [-0.2, 0) is 0 Å². The van der Waals surface area contributed by atoms with Crippen LogP contribution in [-0.4, -0.2) is 36.7 Å². The van der Waals surface area contributed by atoms with E-state index in [9.17, 15) is 8.78 Å². The average Bonchev–Trinajstić information content (AvgIpc) is 3.11. The summed E-state index contributed by atoms with van der Waals surface area (Å²) in [6, 6.07) is -0.458. The van der Waals surface area contributed by atoms with Gasteiger partial charge in [-0.25, -0.2) is 13.8 Å². The van der Waals surface area contributed by atoms with Crippen LogP contribution in [0.5, 0.6) is 0 Å². The summed E-state index contributed by atoms with van der Waals surface area (Å²) in [6.07, 6.45) is 4.02. The average molecular weight is 341 g/mol. The van der Waals surface area contributed by atoms with Gasteiger partial charge in [-0.2, -0.15) is 4.98 Å². The van der Waals surface area contributed by atoms with Gasteiger partial charge in [-0.05, 0) is 24.4 Å². The monoisotopic (exact) mass is 340 g/mol. The standard InChI is InChI=1S/C14H15ClF2N6/c1-2-9-12-21-19-7-22(12)10-6-18-13(15)20-11(10)23(9)8-3-4-14(16,17)5-8/h6-9H,2-5H2,1H3/t8?,9-/m1/s1. The predicted octanol–water partition coefficient (Wildman–Crippen LogP) is 3.17. The minimum atomic E-state index is -2.63. The van der Waals surface area contributed by atoms with Crippen molar-refractivity contribution in [3.8, 4) is 5.69 Å². The first-order valence-corrected chi connectivity index (χ1v) is 7.97. The third-order valence-corrected chi connectivity index (χ3v) is 4.77. The largest absolute Gasteiger partial charge is 0.341 e. The number of alkyl halides is 2. The minimum Gasteiger partial charge on any atom is -0.341 e. The Morgan fingerprint density at radius 3 is 2.96 bits per heavy atom. The molecule has 1 fully saturated rings. The van der Waals surface area contributed by atoms with Gasteiger partial charge in [-0.1, -0.05) is 6.92 Å². The maximum Gasteiger partial charge on any atom is 0.250 e. The van der Waals surface area contributed by atoms with Crippen molar-refractivity contribution in [3.63, 3.8) is 0 Å². The first-order chi connectivity index (χ1) is 11.0. The number of fused-ring (bicyclic) bond motifs is 3. The SMILES string of the molecule is CC[C@@H]1c2nncn2-c2cnc(Cl)nc2N1C1CCC(F)(F)C1. The maximum atomic E-state index is 13.8. The van der Waals surface area contributed by atoms with E-state index in [0.29, 0.717) is 24.3 Å². The highest BCUT2D eigenvalue weighted by Crippen LogP contribution is 2.46. The number of anilines is 1. The molecule has 1 aliphatic heterocycles. The second-order valence-electron chi connectivity index (χ2n) is 5.99. The highest BCUT2D eigenvalue weighted by Gasteiger charge is 2.46. The zero-order valence-electron chi connectivity index (χ0n) is 12.5. The Morgan fingerprint density at radius 1 is 1.43 bits per heavy atom. The molecular formula is C14H15ClF2N6. The van der Waals surface area contributed by atoms with Gasteiger partial charge in [0.05, 0.1) is 12.2 Å². The Balaban J connectivity index is 1.86. The molecule has 0 bridgehead atoms. The molecule has 23 heavy (non-hydrogen) atoms. The molecule has 4 rings (SSSR count). The van der Waals surface area contributed by atoms with Crippen molar-refractivity contribution in [2.24, 2.45) is 0 Å². The molecule has 1 aliphatic carbocycles. The molecule has 0 spiro atoms. The van der Waals surface area contributed by atoms with Crippen molar-refractivity contribution in [1.29, 1.82) is 0 Å². The van der Waals surface area contributed by atoms with E-state index in [-0.39, 0.29) is 30.2 Å². The molecule has 122 valence electrons. The molecule has 0 N–H and O–H groups in total. The van der Waals surface area contributed by atoms with E-state index >= 15 is 0 Å². The molecule has 1 saturated carbocycles. The smallest absolute Gasteiger partial charge is 0.250 e. The van der Waals surface area contributed by atoms with Gasteiger partial charge >= 0.3 is 0 Å². The summed E-state index contributed by atoms with van der Waals surface area (Å²) in [7, 11) is 0. The lowest BCUT2D eigenvalue weighted by molar-refractivity contribution is 0.00746. The minimum absolute atomic E-state index is 0.102. The Bertz CT molecular complexity index is 749. The van der Waals surface area contributed by atoms with E-state index in [1.54, 1.807) is 12.5 Å². The Labute approximate surface area is 136 Å². The van der Waals surface area contributed by atoms with E-state index in [1.165, 1.54) is 0 Å². The molecule has 2 atom stereocenters. The molecule has 3 heterocycles. The third-order valence-electron chi connectivity index (χ3n) is 4.59. The van der Waals surface area contributed by atoms with Crippen molar-refractivity contribution >= 4 is 17.4 Å². The number of hydrogen-bond donors (Lipinski definition) is 0. The van der Waals surface area contributed by atoms with E-state index < -0.39 is 5.92 Å². The van der Waals surface area contributed by atoms with Crippen LogP contribution in [0.25, 0.3) is 5.69 Å². The van der Waals surface area contributed by atoms with Crippen molar-refractivity contribution in [2.45, 2.75) is 50.6 Å². The summed E-state index contributed by atoms with van der Waals surface area (Å²) in [5.74, 6) is -1.33. The van der Waals surface area contributed by atoms with Gasteiger partial charge in [0.1, 0.15) is 12.0 Å². The lowest BCUT2D eigenvalue weighted by Gasteiger charge is -2.40. The topological polar surface area (TPSA) is 59.7 Å². The number of rotatable bonds is 2. The highest BCUT2D eigenvalue weighted by molar-refractivity contribution is 6.28. The molecule has 2 aromatic heterocycles. The molecule has 9 heteroatoms. The molecular weight excluding hydrogens is 326 g/mol. The Kier molecular flexibility index (Phi) is 3.26. The van der Waals surface area contributed by atoms with E-state index in [4.69, 9.17) is 11.6 Å². The summed E-state index contributed by atoms with van der Waals surface area (Å²) in [6.45, 7) is 2.00. The van der Waals surface area contributed by atoms with E-state index in [2.05, 4.69) is 20.2 Å². The fourth-order valence-electron chi connectivity index (χ4n) is 3.61. The summed E-state index contributed by atoms with van der Waals surface area (Å²) < 4.78 is 29.3. The molecule has 2 aromatic rings. The molecule has 1 unspecified atom stereocenters. The molecule has 0 radical (unpaired) electrons. The van der Waals surface area contributed by atoms with E-state index in [1.807, 2.05) is 16.4 Å². The first-order valence-electron chi connectivity index (χ1n) is 7.59. The second-order valence-corrected chi connectivity index (χ2v) is 6.33. The highest BCUT2D eigenvalue weighted by atomic mass is 35.5. The van der Waals surface area contributed by atoms with Gasteiger partial charge in [0.25, 0.3) is 0 Å². The van der Waals surface area contributed by atoms with Gasteiger partial charge < -0.3 is 4.90 Å². The number of hydrogen-bond acceptors (Lipinski definition) is 5. The summed E-state index contributed by atoms with van der Waals surface area (Å²) in [5.41, 5.74) is 0.675. The fraction of sp³-hybridized carbons (Fsp3) is 0.571. The molecule has 6 nitrogen and oxygen atoms in total. The van der Waals surface area contributed by atoms with Gasteiger partial charge in [0, 0.05) is 18.9 Å². The van der Waals surface area contributed by atoms with Crippen LogP contribution in [0.1, 0.15) is 44.5 Å². The van der Waals surface area contributed by atoms with Crippen LogP contribution < -0.4 is 4.90 Å². The summed E-state index contributed by atoms with van der Waals surface area (Å²) >= 11 is 5.96. The lowest BCUT2D eigenvalue weighted by Crippen LogP contribution is -2.42. The van der Waals surface area contributed by atoms with Crippen molar-refractivity contribution in [2.75, 3.05) is 4.90 Å². The second kappa shape index (κ2) is 5.09. The molecule has 0 amide bonds. The van der Waals surface area contributed by atoms with Crippen LogP contribution in [0, 0.1) is 0 Å². The molecule has 0 saturated heterocycles. The normalized spacial score (nSPS) is 25.3.